The molecule has 11 heteroatoms. The van der Waals surface area contributed by atoms with E-state index in [2.05, 4.69) is 31.0 Å². The highest BCUT2D eigenvalue weighted by Crippen LogP contribution is 2.34. The van der Waals surface area contributed by atoms with E-state index in [1.165, 1.54) is 6.07 Å². The van der Waals surface area contributed by atoms with Crippen molar-refractivity contribution in [3.63, 3.8) is 0 Å². The molecule has 0 aliphatic carbocycles. The number of hydrogen-bond acceptors (Lipinski definition) is 9. The second-order valence-corrected chi connectivity index (χ2v) is 9.56. The van der Waals surface area contributed by atoms with E-state index in [9.17, 15) is 9.18 Å². The number of nitrogens with one attached hydrogen (secondary N) is 2. The number of nitrogens with zero attached hydrogens (tertiary/aromatic N) is 5. The Kier molecular flexibility index (Phi) is 6.74. The predicted octanol–water partition coefficient (Wildman–Crippen LogP) is 3.32. The maximum Gasteiger partial charge on any atom is 0.277 e. The van der Waals surface area contributed by atoms with Crippen LogP contribution < -0.4 is 21.7 Å². The van der Waals surface area contributed by atoms with Crippen LogP contribution in [0.25, 0.3) is 22.8 Å². The van der Waals surface area contributed by atoms with Crippen molar-refractivity contribution in [1.82, 2.24) is 31.0 Å². The van der Waals surface area contributed by atoms with Crippen molar-refractivity contribution in [2.24, 2.45) is 11.7 Å². The molecule has 6 rings (SSSR count). The molecular weight excluding hydrogens is 499 g/mol. The second-order valence-electron chi connectivity index (χ2n) is 9.56. The quantitative estimate of drug-likeness (QED) is 0.332. The molecule has 2 aliphatic heterocycles. The summed E-state index contributed by atoms with van der Waals surface area (Å²) in [4.78, 5) is 22.5. The summed E-state index contributed by atoms with van der Waals surface area (Å²) >= 11 is 0. The van der Waals surface area contributed by atoms with Gasteiger partial charge in [0.15, 0.2) is 0 Å². The van der Waals surface area contributed by atoms with Crippen molar-refractivity contribution in [3.05, 3.63) is 95.9 Å². The number of pyridine rings is 1. The van der Waals surface area contributed by atoms with Gasteiger partial charge in [-0.15, -0.1) is 5.53 Å². The van der Waals surface area contributed by atoms with E-state index in [0.29, 0.717) is 22.9 Å². The number of rotatable bonds is 7. The first-order chi connectivity index (χ1) is 19.1. The molecule has 0 unspecified atom stereocenters. The summed E-state index contributed by atoms with van der Waals surface area (Å²) < 4.78 is 20.3. The second kappa shape index (κ2) is 10.6. The lowest BCUT2D eigenvalue weighted by molar-refractivity contribution is -0.123. The number of anilines is 1. The molecule has 39 heavy (non-hydrogen) atoms. The molecule has 2 aromatic heterocycles. The van der Waals surface area contributed by atoms with Crippen LogP contribution in [0.4, 0.5) is 10.1 Å². The molecule has 1 amide bonds. The largest absolute Gasteiger partial charge is 0.369 e. The first-order valence-corrected chi connectivity index (χ1v) is 12.7. The lowest BCUT2D eigenvalue weighted by Crippen LogP contribution is -2.38. The lowest BCUT2D eigenvalue weighted by atomic mass is 9.96. The molecule has 4 N–H and O–H groups in total. The topological polar surface area (TPSA) is 125 Å². The Labute approximate surface area is 224 Å². The number of carbonyl (C=O) groups excluding carboxylic acids is 1. The van der Waals surface area contributed by atoms with E-state index < -0.39 is 0 Å². The zero-order chi connectivity index (χ0) is 26.8. The van der Waals surface area contributed by atoms with E-state index >= 15 is 0 Å². The van der Waals surface area contributed by atoms with Crippen LogP contribution in [0.3, 0.4) is 0 Å². The average Bonchev–Trinajstić information content (AvgIpc) is 3.62. The summed E-state index contributed by atoms with van der Waals surface area (Å²) in [7, 11) is 0. The summed E-state index contributed by atoms with van der Waals surface area (Å²) in [5, 5.41) is 5.80. The third-order valence-corrected chi connectivity index (χ3v) is 7.05. The van der Waals surface area contributed by atoms with Crippen LogP contribution in [0.1, 0.15) is 29.9 Å². The minimum Gasteiger partial charge on any atom is -0.369 e. The third-order valence-electron chi connectivity index (χ3n) is 7.05. The van der Waals surface area contributed by atoms with Gasteiger partial charge in [0, 0.05) is 36.0 Å². The highest BCUT2D eigenvalue weighted by Gasteiger charge is 2.31. The van der Waals surface area contributed by atoms with Gasteiger partial charge in [0.05, 0.1) is 11.4 Å². The highest BCUT2D eigenvalue weighted by molar-refractivity contribution is 5.96. The van der Waals surface area contributed by atoms with Crippen LogP contribution in [-0.4, -0.2) is 39.0 Å². The number of aromatic nitrogens is 3. The number of hydrazine groups is 2. The minimum atomic E-state index is -0.386. The van der Waals surface area contributed by atoms with Gasteiger partial charge >= 0.3 is 0 Å². The standard InChI is InChI=1S/C28H27FN8O2/c29-22-3-1-2-4-23(22)37-25(19-9-13-31-14-10-19)24(33-35-37)28-32-27(34-39-28)21-7-5-18(6-8-21)17-36-15-11-20(12-16-36)26(30)38/h1-10,13-14,20,33,35H,11-12,15-17H2,(H2,30,38). The third kappa shape index (κ3) is 5.09. The van der Waals surface area contributed by atoms with Gasteiger partial charge < -0.3 is 10.3 Å². The Bertz CT molecular complexity index is 1500. The molecule has 198 valence electrons. The van der Waals surface area contributed by atoms with Gasteiger partial charge in [-0.05, 0) is 55.8 Å². The van der Waals surface area contributed by atoms with Gasteiger partial charge in [-0.25, -0.2) is 4.39 Å². The van der Waals surface area contributed by atoms with E-state index in [0.717, 1.165) is 49.2 Å². The van der Waals surface area contributed by atoms with Crippen molar-refractivity contribution < 1.29 is 13.7 Å². The van der Waals surface area contributed by atoms with E-state index in [1.807, 2.05) is 36.4 Å². The van der Waals surface area contributed by atoms with Crippen LogP contribution in [0.2, 0.25) is 0 Å². The Morgan fingerprint density at radius 1 is 1.03 bits per heavy atom. The number of nitrogens with two attached hydrogens (primary N) is 1. The SMILES string of the molecule is NC(=O)C1CCN(Cc2ccc(-c3noc(C4=C(c5ccncc5)N(c5ccccc5F)NN4)n3)cc2)CC1. The number of para-hydroxylation sites is 1. The summed E-state index contributed by atoms with van der Waals surface area (Å²) in [6, 6.07) is 18.1. The van der Waals surface area contributed by atoms with Crippen LogP contribution in [0.5, 0.6) is 0 Å². The Hall–Kier alpha value is -4.61. The van der Waals surface area contributed by atoms with E-state index in [1.54, 1.807) is 35.6 Å². The lowest BCUT2D eigenvalue weighted by Gasteiger charge is -2.30. The monoisotopic (exact) mass is 526 g/mol. The van der Waals surface area contributed by atoms with Gasteiger partial charge in [-0.2, -0.15) is 4.98 Å². The fraction of sp³-hybridized carbons (Fsp3) is 0.214. The van der Waals surface area contributed by atoms with Gasteiger partial charge in [0.2, 0.25) is 11.7 Å². The Morgan fingerprint density at radius 2 is 1.77 bits per heavy atom. The van der Waals surface area contributed by atoms with Gasteiger partial charge in [-0.1, -0.05) is 41.6 Å². The number of likely N-dealkylation sites (tertiary alicyclic amines) is 1. The maximum atomic E-state index is 14.7. The van der Waals surface area contributed by atoms with E-state index in [4.69, 9.17) is 10.3 Å². The molecule has 4 aromatic rings. The molecule has 0 bridgehead atoms. The normalized spacial score (nSPS) is 16.5. The first-order valence-electron chi connectivity index (χ1n) is 12.7. The number of hydrogen-bond donors (Lipinski definition) is 3. The maximum absolute atomic E-state index is 14.7. The molecule has 1 saturated heterocycles. The summed E-state index contributed by atoms with van der Waals surface area (Å²) in [5.74, 6) is 0.0820. The summed E-state index contributed by atoms with van der Waals surface area (Å²) in [5.41, 5.74) is 15.7. The van der Waals surface area contributed by atoms with Crippen molar-refractivity contribution in [3.8, 4) is 11.4 Å². The van der Waals surface area contributed by atoms with Crippen molar-refractivity contribution in [2.45, 2.75) is 19.4 Å². The molecule has 0 spiro atoms. The molecule has 4 heterocycles. The molecule has 10 nitrogen and oxygen atoms in total. The van der Waals surface area contributed by atoms with Crippen LogP contribution in [0.15, 0.2) is 77.6 Å². The van der Waals surface area contributed by atoms with Crippen LogP contribution in [-0.2, 0) is 11.3 Å². The van der Waals surface area contributed by atoms with Crippen molar-refractivity contribution in [1.29, 1.82) is 0 Å². The molecule has 0 radical (unpaired) electrons. The average molecular weight is 527 g/mol. The van der Waals surface area contributed by atoms with Crippen LogP contribution >= 0.6 is 0 Å². The predicted molar refractivity (Wildman–Crippen MR) is 143 cm³/mol. The van der Waals surface area contributed by atoms with Gasteiger partial charge in [0.1, 0.15) is 11.5 Å². The molecule has 1 fully saturated rings. The molecular formula is C28H27FN8O2. The van der Waals surface area contributed by atoms with Crippen molar-refractivity contribution >= 4 is 23.0 Å². The first kappa shape index (κ1) is 24.7. The number of piperidine rings is 1. The van der Waals surface area contributed by atoms with Crippen molar-refractivity contribution in [2.75, 3.05) is 18.1 Å². The molecule has 2 aromatic carbocycles. The number of primary amides is 1. The molecule has 0 atom stereocenters. The zero-order valence-electron chi connectivity index (χ0n) is 21.0. The summed E-state index contributed by atoms with van der Waals surface area (Å²) in [6.07, 6.45) is 4.93. The molecule has 2 aliphatic rings. The van der Waals surface area contributed by atoms with Crippen LogP contribution in [0, 0.1) is 11.7 Å². The summed E-state index contributed by atoms with van der Waals surface area (Å²) in [6.45, 7) is 2.50. The smallest absolute Gasteiger partial charge is 0.277 e. The fourth-order valence-corrected chi connectivity index (χ4v) is 4.93. The van der Waals surface area contributed by atoms with Gasteiger partial charge in [-0.3, -0.25) is 25.1 Å². The van der Waals surface area contributed by atoms with Gasteiger partial charge in [0.25, 0.3) is 5.89 Å². The Morgan fingerprint density at radius 3 is 2.49 bits per heavy atom. The Balaban J connectivity index is 1.24. The van der Waals surface area contributed by atoms with E-state index in [-0.39, 0.29) is 23.5 Å². The fourth-order valence-electron chi connectivity index (χ4n) is 4.93. The minimum absolute atomic E-state index is 0.0198. The number of amides is 1. The number of carbonyl (C=O) groups is 1. The molecule has 0 saturated carbocycles. The zero-order valence-corrected chi connectivity index (χ0v) is 21.0. The number of halogens is 1. The number of benzene rings is 2. The highest BCUT2D eigenvalue weighted by atomic mass is 19.1.